The van der Waals surface area contributed by atoms with Crippen molar-refractivity contribution in [2.24, 2.45) is 0 Å². The topological polar surface area (TPSA) is 170 Å². The molecule has 2 unspecified atom stereocenters. The van der Waals surface area contributed by atoms with E-state index in [2.05, 4.69) is 9.97 Å². The molecule has 16 heteroatoms. The third-order valence-corrected chi connectivity index (χ3v) is 10.3. The van der Waals surface area contributed by atoms with Crippen LogP contribution in [0.5, 0.6) is 23.0 Å². The van der Waals surface area contributed by atoms with Gasteiger partial charge < -0.3 is 28.8 Å². The van der Waals surface area contributed by atoms with Crippen molar-refractivity contribution in [1.29, 1.82) is 0 Å². The molecule has 256 valence electrons. The molecule has 0 aliphatic carbocycles. The molecule has 6 rings (SSSR count). The Morgan fingerprint density at radius 3 is 1.71 bits per heavy atom. The summed E-state index contributed by atoms with van der Waals surface area (Å²) in [6, 6.07) is 5.97. The van der Waals surface area contributed by atoms with Crippen molar-refractivity contribution in [3.63, 3.8) is 0 Å². The first-order valence-electron chi connectivity index (χ1n) is 15.1. The number of rotatable bonds is 13. The van der Waals surface area contributed by atoms with Crippen LogP contribution in [0.3, 0.4) is 0 Å². The molecule has 4 aromatic heterocycles. The van der Waals surface area contributed by atoms with E-state index in [-0.39, 0.29) is 37.2 Å². The number of carbonyl (C=O) groups is 2. The summed E-state index contributed by atoms with van der Waals surface area (Å²) in [7, 11) is 4.57. The quantitative estimate of drug-likeness (QED) is 0.124. The number of hydrogen-bond donors (Lipinski definition) is 1. The zero-order valence-electron chi connectivity index (χ0n) is 27.2. The van der Waals surface area contributed by atoms with Gasteiger partial charge in [-0.05, 0) is 26.0 Å². The van der Waals surface area contributed by atoms with Crippen LogP contribution in [0.15, 0.2) is 46.5 Å². The standard InChI is InChI=1S/C33H32N4O10S2/c1-16(8-26(38)39)36-14-34-29-19-11-21(44-4)23(13-25(19)49-30(29)32(36)41)46-6-7-47-27(40)9-17(2)37-15-35-28-18-10-20(43-3)22(45-5)12-24(18)48-31(28)33(37)42/h10-17H,6-9H2,1-5H3,(H,38,39). The highest BCUT2D eigenvalue weighted by atomic mass is 32.1. The largest absolute Gasteiger partial charge is 0.493 e. The Balaban J connectivity index is 1.11. The number of hydrogen-bond acceptors (Lipinski definition) is 13. The van der Waals surface area contributed by atoms with Crippen molar-refractivity contribution in [2.45, 2.75) is 38.8 Å². The van der Waals surface area contributed by atoms with Crippen molar-refractivity contribution in [3.8, 4) is 23.0 Å². The lowest BCUT2D eigenvalue weighted by atomic mass is 10.2. The molecule has 0 spiro atoms. The number of nitrogens with zero attached hydrogens (tertiary/aromatic N) is 4. The molecule has 0 aliphatic rings. The first kappa shape index (κ1) is 33.7. The summed E-state index contributed by atoms with van der Waals surface area (Å²) >= 11 is 2.52. The van der Waals surface area contributed by atoms with Crippen LogP contribution in [0.25, 0.3) is 40.6 Å². The molecule has 0 radical (unpaired) electrons. The average Bonchev–Trinajstić information content (AvgIpc) is 3.63. The molecular formula is C33H32N4O10S2. The molecule has 0 saturated heterocycles. The van der Waals surface area contributed by atoms with Gasteiger partial charge in [-0.25, -0.2) is 9.97 Å². The van der Waals surface area contributed by atoms with Gasteiger partial charge in [-0.3, -0.25) is 28.3 Å². The molecule has 6 aromatic rings. The maximum atomic E-state index is 13.4. The molecule has 0 amide bonds. The minimum atomic E-state index is -1.01. The van der Waals surface area contributed by atoms with E-state index in [0.717, 1.165) is 14.8 Å². The van der Waals surface area contributed by atoms with Gasteiger partial charge in [0.2, 0.25) is 0 Å². The second-order valence-electron chi connectivity index (χ2n) is 11.2. The van der Waals surface area contributed by atoms with E-state index in [9.17, 15) is 19.2 Å². The van der Waals surface area contributed by atoms with Gasteiger partial charge in [0.1, 0.15) is 22.6 Å². The highest BCUT2D eigenvalue weighted by Crippen LogP contribution is 2.40. The van der Waals surface area contributed by atoms with Crippen molar-refractivity contribution in [2.75, 3.05) is 34.5 Å². The number of esters is 1. The number of aromatic nitrogens is 4. The molecule has 0 bridgehead atoms. The van der Waals surface area contributed by atoms with Gasteiger partial charge in [-0.1, -0.05) is 0 Å². The molecule has 2 atom stereocenters. The van der Waals surface area contributed by atoms with Crippen molar-refractivity contribution >= 4 is 75.2 Å². The number of carboxylic acids is 1. The van der Waals surface area contributed by atoms with E-state index in [1.807, 2.05) is 6.07 Å². The van der Waals surface area contributed by atoms with E-state index in [1.54, 1.807) is 46.3 Å². The summed E-state index contributed by atoms with van der Waals surface area (Å²) < 4.78 is 32.7. The number of thiophene rings is 2. The highest BCUT2D eigenvalue weighted by molar-refractivity contribution is 7.26. The number of carboxylic acid groups (broad SMARTS) is 1. The molecule has 4 heterocycles. The Morgan fingerprint density at radius 2 is 1.20 bits per heavy atom. The minimum Gasteiger partial charge on any atom is -0.493 e. The molecule has 2 aromatic carbocycles. The molecule has 14 nitrogen and oxygen atoms in total. The third-order valence-electron chi connectivity index (χ3n) is 8.08. The summed E-state index contributed by atoms with van der Waals surface area (Å²) in [5.41, 5.74) is 0.445. The number of methoxy groups -OCH3 is 3. The molecule has 0 fully saturated rings. The zero-order chi connectivity index (χ0) is 35.0. The van der Waals surface area contributed by atoms with E-state index >= 15 is 0 Å². The van der Waals surface area contributed by atoms with Crippen LogP contribution in [0.4, 0.5) is 0 Å². The Bertz CT molecular complexity index is 2360. The number of carbonyl (C=O) groups excluding carboxylic acids is 1. The normalized spacial score (nSPS) is 12.8. The predicted octanol–water partition coefficient (Wildman–Crippen LogP) is 5.17. The van der Waals surface area contributed by atoms with Gasteiger partial charge in [-0.15, -0.1) is 22.7 Å². The van der Waals surface area contributed by atoms with Crippen LogP contribution < -0.4 is 30.1 Å². The lowest BCUT2D eigenvalue weighted by molar-refractivity contribution is -0.145. The number of fused-ring (bicyclic) bond motifs is 6. The number of ether oxygens (including phenoxy) is 5. The van der Waals surface area contributed by atoms with E-state index < -0.39 is 24.0 Å². The summed E-state index contributed by atoms with van der Waals surface area (Å²) in [5.74, 6) is 0.348. The Hall–Kier alpha value is -5.22. The summed E-state index contributed by atoms with van der Waals surface area (Å²) in [6.45, 7) is 3.36. The highest BCUT2D eigenvalue weighted by Gasteiger charge is 2.21. The Kier molecular flexibility index (Phi) is 9.43. The molecule has 1 N–H and O–H groups in total. The summed E-state index contributed by atoms with van der Waals surface area (Å²) in [4.78, 5) is 59.4. The second kappa shape index (κ2) is 13.7. The molecule has 0 aliphatic heterocycles. The van der Waals surface area contributed by atoms with Crippen molar-refractivity contribution in [3.05, 3.63) is 57.6 Å². The SMILES string of the molecule is COc1cc2sc3c(=O)n(C(C)CC(=O)OCCOc4cc5sc6c(=O)n(C(C)CC(=O)O)cnc6c5cc4OC)cnc3c2cc1OC. The lowest BCUT2D eigenvalue weighted by Crippen LogP contribution is -2.25. The van der Waals surface area contributed by atoms with Crippen LogP contribution in [-0.2, 0) is 14.3 Å². The van der Waals surface area contributed by atoms with Crippen LogP contribution in [0.2, 0.25) is 0 Å². The van der Waals surface area contributed by atoms with Crippen LogP contribution in [-0.4, -0.2) is 70.7 Å². The first-order chi connectivity index (χ1) is 23.5. The Labute approximate surface area is 286 Å². The van der Waals surface area contributed by atoms with E-state index in [1.165, 1.54) is 51.6 Å². The maximum absolute atomic E-state index is 13.4. The van der Waals surface area contributed by atoms with Gasteiger partial charge in [-0.2, -0.15) is 0 Å². The maximum Gasteiger partial charge on any atom is 0.308 e. The monoisotopic (exact) mass is 708 g/mol. The van der Waals surface area contributed by atoms with Gasteiger partial charge in [0, 0.05) is 44.4 Å². The fraction of sp³-hybridized carbons (Fsp3) is 0.333. The van der Waals surface area contributed by atoms with Gasteiger partial charge in [0.05, 0.1) is 57.9 Å². The lowest BCUT2D eigenvalue weighted by Gasteiger charge is -2.15. The van der Waals surface area contributed by atoms with E-state index in [0.29, 0.717) is 48.8 Å². The smallest absolute Gasteiger partial charge is 0.308 e. The average molecular weight is 709 g/mol. The number of aliphatic carboxylic acids is 1. The van der Waals surface area contributed by atoms with Crippen LogP contribution in [0.1, 0.15) is 38.8 Å². The van der Waals surface area contributed by atoms with Crippen molar-refractivity contribution < 1.29 is 38.4 Å². The molecule has 0 saturated carbocycles. The van der Waals surface area contributed by atoms with Crippen molar-refractivity contribution in [1.82, 2.24) is 19.1 Å². The minimum absolute atomic E-state index is 0.0206. The van der Waals surface area contributed by atoms with Gasteiger partial charge in [0.25, 0.3) is 11.1 Å². The molecular weight excluding hydrogens is 677 g/mol. The van der Waals surface area contributed by atoms with Crippen LogP contribution >= 0.6 is 22.7 Å². The summed E-state index contributed by atoms with van der Waals surface area (Å²) in [6.07, 6.45) is 2.53. The van der Waals surface area contributed by atoms with Gasteiger partial charge >= 0.3 is 11.9 Å². The number of benzene rings is 2. The fourth-order valence-corrected chi connectivity index (χ4v) is 7.79. The van der Waals surface area contributed by atoms with Crippen LogP contribution in [0, 0.1) is 0 Å². The van der Waals surface area contributed by atoms with E-state index in [4.69, 9.17) is 28.8 Å². The first-order valence-corrected chi connectivity index (χ1v) is 16.7. The Morgan fingerprint density at radius 1 is 0.735 bits per heavy atom. The second-order valence-corrected chi connectivity index (χ2v) is 13.3. The fourth-order valence-electron chi connectivity index (χ4n) is 5.58. The summed E-state index contributed by atoms with van der Waals surface area (Å²) in [5, 5.41) is 10.6. The third kappa shape index (κ3) is 6.36. The predicted molar refractivity (Wildman–Crippen MR) is 185 cm³/mol. The zero-order valence-corrected chi connectivity index (χ0v) is 28.8. The molecule has 49 heavy (non-hydrogen) atoms. The van der Waals surface area contributed by atoms with Gasteiger partial charge in [0.15, 0.2) is 23.0 Å².